The molecular weight excluding hydrogens is 475 g/mol. The van der Waals surface area contributed by atoms with Crippen molar-refractivity contribution in [1.82, 2.24) is 4.90 Å². The number of anilines is 1. The van der Waals surface area contributed by atoms with E-state index in [2.05, 4.69) is 0 Å². The molecule has 0 bridgehead atoms. The van der Waals surface area contributed by atoms with E-state index < -0.39 is 41.6 Å². The second-order valence-electron chi connectivity index (χ2n) is 9.26. The lowest BCUT2D eigenvalue weighted by Crippen LogP contribution is -2.44. The van der Waals surface area contributed by atoms with Crippen LogP contribution in [-0.2, 0) is 9.59 Å². The maximum Gasteiger partial charge on any atom is 0.240 e. The quantitative estimate of drug-likeness (QED) is 0.387. The Labute approximate surface area is 212 Å². The van der Waals surface area contributed by atoms with Crippen LogP contribution in [0, 0.1) is 17.7 Å². The van der Waals surface area contributed by atoms with E-state index in [1.165, 1.54) is 38.5 Å². The molecule has 3 aromatic rings. The number of ketones is 1. The van der Waals surface area contributed by atoms with Crippen LogP contribution in [0.5, 0.6) is 11.5 Å². The minimum absolute atomic E-state index is 0.286. The van der Waals surface area contributed by atoms with Gasteiger partial charge in [0.15, 0.2) is 17.3 Å². The minimum atomic E-state index is -0.918. The monoisotopic (exact) mass is 498 g/mol. The van der Waals surface area contributed by atoms with E-state index in [9.17, 15) is 18.8 Å². The van der Waals surface area contributed by atoms with Gasteiger partial charge in [0.1, 0.15) is 11.9 Å². The molecule has 6 rings (SSSR count). The highest BCUT2D eigenvalue weighted by atomic mass is 19.1. The number of rotatable bonds is 5. The molecule has 2 fully saturated rings. The van der Waals surface area contributed by atoms with Gasteiger partial charge in [0.2, 0.25) is 11.8 Å². The van der Waals surface area contributed by atoms with Crippen molar-refractivity contribution in [1.29, 1.82) is 0 Å². The zero-order valence-electron chi connectivity index (χ0n) is 20.1. The first-order valence-corrected chi connectivity index (χ1v) is 11.9. The maximum atomic E-state index is 14.1. The highest BCUT2D eigenvalue weighted by molar-refractivity contribution is 6.24. The van der Waals surface area contributed by atoms with Crippen molar-refractivity contribution < 1.29 is 28.2 Å². The molecule has 2 amide bonds. The Bertz CT molecular complexity index is 1470. The molecule has 3 aliphatic rings. The number of nitrogens with zero attached hydrogens (tertiary/aromatic N) is 2. The highest BCUT2D eigenvalue weighted by Crippen LogP contribution is 2.53. The zero-order valence-corrected chi connectivity index (χ0v) is 20.1. The van der Waals surface area contributed by atoms with Crippen LogP contribution in [-0.4, -0.2) is 42.8 Å². The van der Waals surface area contributed by atoms with Crippen molar-refractivity contribution in [2.45, 2.75) is 12.1 Å². The van der Waals surface area contributed by atoms with Crippen LogP contribution in [0.1, 0.15) is 27.5 Å². The fourth-order valence-electron chi connectivity index (χ4n) is 5.86. The first kappa shape index (κ1) is 23.0. The normalized spacial score (nSPS) is 23.5. The van der Waals surface area contributed by atoms with Gasteiger partial charge in [-0.3, -0.25) is 14.4 Å². The molecule has 4 atom stereocenters. The Morgan fingerprint density at radius 3 is 2.30 bits per heavy atom. The van der Waals surface area contributed by atoms with Gasteiger partial charge in [0.05, 0.1) is 37.8 Å². The van der Waals surface area contributed by atoms with Gasteiger partial charge in [-0.1, -0.05) is 24.3 Å². The number of benzene rings is 3. The number of hydrogen-bond donors (Lipinski definition) is 0. The molecule has 2 saturated heterocycles. The van der Waals surface area contributed by atoms with E-state index in [1.54, 1.807) is 24.4 Å². The summed E-state index contributed by atoms with van der Waals surface area (Å²) >= 11 is 0. The zero-order chi connectivity index (χ0) is 25.8. The number of imide groups is 1. The molecule has 0 saturated carbocycles. The summed E-state index contributed by atoms with van der Waals surface area (Å²) in [6.07, 6.45) is 3.70. The van der Waals surface area contributed by atoms with Gasteiger partial charge in [-0.25, -0.2) is 9.29 Å². The molecule has 0 aromatic heterocycles. The molecule has 186 valence electrons. The highest BCUT2D eigenvalue weighted by Gasteiger charge is 2.64. The summed E-state index contributed by atoms with van der Waals surface area (Å²) in [6, 6.07) is 16.3. The lowest BCUT2D eigenvalue weighted by molar-refractivity contribution is -0.123. The number of Topliss-reactive ketones (excluding diaryl/α,β-unsaturated/α-hetero) is 1. The van der Waals surface area contributed by atoms with Crippen LogP contribution >= 0.6 is 0 Å². The van der Waals surface area contributed by atoms with Crippen LogP contribution in [0.2, 0.25) is 0 Å². The minimum Gasteiger partial charge on any atom is -0.493 e. The Balaban J connectivity index is 1.48. The molecule has 0 N–H and O–H groups in total. The number of methoxy groups -OCH3 is 2. The predicted octanol–water partition coefficient (Wildman–Crippen LogP) is 4.24. The molecule has 8 heteroatoms. The summed E-state index contributed by atoms with van der Waals surface area (Å²) in [6.45, 7) is 0. The van der Waals surface area contributed by atoms with Crippen LogP contribution in [0.4, 0.5) is 10.1 Å². The molecule has 0 radical (unpaired) electrons. The van der Waals surface area contributed by atoms with Crippen molar-refractivity contribution in [3.05, 3.63) is 95.4 Å². The summed E-state index contributed by atoms with van der Waals surface area (Å²) in [7, 11) is 2.99. The van der Waals surface area contributed by atoms with Gasteiger partial charge < -0.3 is 14.4 Å². The van der Waals surface area contributed by atoms with E-state index in [-0.39, 0.29) is 11.5 Å². The van der Waals surface area contributed by atoms with Crippen molar-refractivity contribution in [2.75, 3.05) is 19.1 Å². The van der Waals surface area contributed by atoms with E-state index in [0.29, 0.717) is 17.1 Å². The summed E-state index contributed by atoms with van der Waals surface area (Å²) in [4.78, 5) is 44.7. The molecule has 3 heterocycles. The second kappa shape index (κ2) is 8.58. The number of hydrogen-bond acceptors (Lipinski definition) is 6. The Morgan fingerprint density at radius 1 is 0.865 bits per heavy atom. The molecular formula is C29H23FN2O5. The Kier molecular flexibility index (Phi) is 5.33. The number of carbonyl (C=O) groups is 3. The topological polar surface area (TPSA) is 76.2 Å². The molecule has 0 spiro atoms. The van der Waals surface area contributed by atoms with Crippen molar-refractivity contribution in [3.8, 4) is 11.5 Å². The number of carbonyl (C=O) groups excluding carboxylic acids is 3. The Hall–Kier alpha value is -4.46. The van der Waals surface area contributed by atoms with Gasteiger partial charge in [-0.15, -0.1) is 0 Å². The number of fused-ring (bicyclic) bond motifs is 5. The van der Waals surface area contributed by atoms with Gasteiger partial charge >= 0.3 is 0 Å². The fourth-order valence-corrected chi connectivity index (χ4v) is 5.86. The molecule has 3 aliphatic heterocycles. The lowest BCUT2D eigenvalue weighted by Gasteiger charge is -2.35. The average Bonchev–Trinajstić information content (AvgIpc) is 3.40. The van der Waals surface area contributed by atoms with E-state index >= 15 is 0 Å². The summed E-state index contributed by atoms with van der Waals surface area (Å²) in [5.41, 5.74) is 2.44. The molecule has 37 heavy (non-hydrogen) atoms. The fraction of sp³-hybridized carbons (Fsp3) is 0.207. The third kappa shape index (κ3) is 3.36. The van der Waals surface area contributed by atoms with Crippen LogP contribution in [0.3, 0.4) is 0 Å². The standard InChI is InChI=1S/C29H23FN2O5/c1-36-21-12-7-17(15-22(21)37-2)27(33)26-24-23(25-20-6-4-3-5-16(20)13-14-31(25)26)28(34)32(29(24)35)19-10-8-18(30)9-11-19/h3-15,23-26H,1-2H3. The summed E-state index contributed by atoms with van der Waals surface area (Å²) in [5.74, 6) is -2.48. The lowest BCUT2D eigenvalue weighted by atomic mass is 9.83. The van der Waals surface area contributed by atoms with Crippen molar-refractivity contribution >= 4 is 29.4 Å². The first-order valence-electron chi connectivity index (χ1n) is 11.9. The van der Waals surface area contributed by atoms with E-state index in [4.69, 9.17) is 9.47 Å². The van der Waals surface area contributed by atoms with Crippen LogP contribution in [0.25, 0.3) is 6.08 Å². The molecule has 0 aliphatic carbocycles. The summed E-state index contributed by atoms with van der Waals surface area (Å²) < 4.78 is 24.3. The first-order chi connectivity index (χ1) is 17.9. The van der Waals surface area contributed by atoms with Crippen LogP contribution < -0.4 is 14.4 Å². The third-order valence-electron chi connectivity index (χ3n) is 7.48. The van der Waals surface area contributed by atoms with Gasteiger partial charge in [0.25, 0.3) is 0 Å². The number of ether oxygens (including phenoxy) is 2. The molecule has 7 nitrogen and oxygen atoms in total. The largest absolute Gasteiger partial charge is 0.493 e. The average molecular weight is 499 g/mol. The second-order valence-corrected chi connectivity index (χ2v) is 9.26. The summed E-state index contributed by atoms with van der Waals surface area (Å²) in [5, 5.41) is 0. The van der Waals surface area contributed by atoms with E-state index in [1.807, 2.05) is 35.2 Å². The van der Waals surface area contributed by atoms with Gasteiger partial charge in [-0.05, 0) is 59.7 Å². The SMILES string of the molecule is COc1ccc(C(=O)C2C3C(=O)N(c4ccc(F)cc4)C(=O)C3C3c4ccccc4C=CN23)cc1OC. The van der Waals surface area contributed by atoms with Gasteiger partial charge in [0, 0.05) is 11.8 Å². The predicted molar refractivity (Wildman–Crippen MR) is 134 cm³/mol. The third-order valence-corrected chi connectivity index (χ3v) is 7.48. The number of amides is 2. The van der Waals surface area contributed by atoms with Crippen molar-refractivity contribution in [3.63, 3.8) is 0 Å². The van der Waals surface area contributed by atoms with E-state index in [0.717, 1.165) is 16.0 Å². The van der Waals surface area contributed by atoms with Gasteiger partial charge in [-0.2, -0.15) is 0 Å². The molecule has 4 unspecified atom stereocenters. The van der Waals surface area contributed by atoms with Crippen molar-refractivity contribution in [2.24, 2.45) is 11.8 Å². The smallest absolute Gasteiger partial charge is 0.240 e. The Morgan fingerprint density at radius 2 is 1.57 bits per heavy atom. The van der Waals surface area contributed by atoms with Crippen LogP contribution in [0.15, 0.2) is 72.9 Å². The maximum absolute atomic E-state index is 14.1. The molecule has 3 aromatic carbocycles. The number of halogens is 1.